The predicted molar refractivity (Wildman–Crippen MR) is 57.5 cm³/mol. The lowest BCUT2D eigenvalue weighted by molar-refractivity contribution is -0.509. The summed E-state index contributed by atoms with van der Waals surface area (Å²) in [4.78, 5) is 11.3. The van der Waals surface area contributed by atoms with Crippen LogP contribution in [0.4, 0.5) is 0 Å². The fraction of sp³-hybridized carbons (Fsp3) is 0.778. The van der Waals surface area contributed by atoms with Crippen LogP contribution in [0.1, 0.15) is 19.8 Å². The van der Waals surface area contributed by atoms with E-state index in [0.717, 1.165) is 30.3 Å². The van der Waals surface area contributed by atoms with Gasteiger partial charge in [-0.1, -0.05) is 13.3 Å². The van der Waals surface area contributed by atoms with Crippen molar-refractivity contribution in [3.8, 4) is 0 Å². The summed E-state index contributed by atoms with van der Waals surface area (Å²) in [6, 6.07) is 0. The monoisotopic (exact) mass is 296 g/mol. The van der Waals surface area contributed by atoms with Crippen molar-refractivity contribution in [2.75, 3.05) is 25.4 Å². The fourth-order valence-electron chi connectivity index (χ4n) is 1.15. The van der Waals surface area contributed by atoms with Gasteiger partial charge in [-0.2, -0.15) is 0 Å². The van der Waals surface area contributed by atoms with E-state index in [2.05, 4.69) is 6.92 Å². The normalized spacial score (nSPS) is 15.0. The lowest BCUT2D eigenvalue weighted by atomic mass is 10.4. The number of ether oxygens (including phenoxy) is 1. The zero-order chi connectivity index (χ0) is 10.4. The molecule has 0 unspecified atom stereocenters. The number of nitrogens with zero attached hydrogens (tertiary/aromatic N) is 1. The van der Waals surface area contributed by atoms with E-state index in [1.165, 1.54) is 0 Å². The van der Waals surface area contributed by atoms with Crippen LogP contribution in [-0.4, -0.2) is 41.2 Å². The van der Waals surface area contributed by atoms with E-state index >= 15 is 0 Å². The Bertz CT molecular complexity index is 246. The van der Waals surface area contributed by atoms with Crippen LogP contribution in [0.25, 0.3) is 0 Å². The van der Waals surface area contributed by atoms with Crippen molar-refractivity contribution < 1.29 is 31.1 Å². The molecule has 0 aromatic heterocycles. The molecule has 0 saturated heterocycles. The highest BCUT2D eigenvalue weighted by Crippen LogP contribution is 2.07. The Balaban J connectivity index is 0.00000196. The number of hydrogen-bond donors (Lipinski definition) is 1. The summed E-state index contributed by atoms with van der Waals surface area (Å²) < 4.78 is 6.89. The van der Waals surface area contributed by atoms with Crippen LogP contribution in [0.3, 0.4) is 0 Å². The molecule has 0 aromatic carbocycles. The minimum Gasteiger partial charge on any atom is -1.00 e. The van der Waals surface area contributed by atoms with E-state index in [-0.39, 0.29) is 23.0 Å². The van der Waals surface area contributed by atoms with E-state index < -0.39 is 0 Å². The van der Waals surface area contributed by atoms with Crippen molar-refractivity contribution in [2.24, 2.45) is 5.73 Å². The molecule has 0 atom stereocenters. The standard InChI is InChI=1S/C9H16N2O2S.BrH/c1-2-3-5-13-8(12)7-11-4-6-14-9(11)10;/h10H,2-7H2,1H3;1H. The van der Waals surface area contributed by atoms with Crippen molar-refractivity contribution in [3.63, 3.8) is 0 Å². The zero-order valence-electron chi connectivity index (χ0n) is 8.87. The van der Waals surface area contributed by atoms with Gasteiger partial charge in [0.1, 0.15) is 0 Å². The zero-order valence-corrected chi connectivity index (χ0v) is 11.3. The Kier molecular flexibility index (Phi) is 7.86. The van der Waals surface area contributed by atoms with Crippen LogP contribution < -0.4 is 22.7 Å². The van der Waals surface area contributed by atoms with E-state index in [1.54, 1.807) is 11.8 Å². The largest absolute Gasteiger partial charge is 1.00 e. The summed E-state index contributed by atoms with van der Waals surface area (Å²) in [7, 11) is 0. The summed E-state index contributed by atoms with van der Waals surface area (Å²) in [5, 5.41) is 0.734. The lowest BCUT2D eigenvalue weighted by Crippen LogP contribution is -3.00. The molecular weight excluding hydrogens is 280 g/mol. The molecule has 15 heavy (non-hydrogen) atoms. The second-order valence-electron chi connectivity index (χ2n) is 3.18. The minimum absolute atomic E-state index is 0. The Labute approximate surface area is 105 Å². The van der Waals surface area contributed by atoms with Gasteiger partial charge in [-0.15, -0.1) is 0 Å². The van der Waals surface area contributed by atoms with Crippen LogP contribution in [0, 0.1) is 0 Å². The third-order valence-electron chi connectivity index (χ3n) is 2.00. The van der Waals surface area contributed by atoms with Crippen LogP contribution in [-0.2, 0) is 9.53 Å². The van der Waals surface area contributed by atoms with Crippen molar-refractivity contribution >= 4 is 22.9 Å². The fourth-order valence-corrected chi connectivity index (χ4v) is 2.01. The molecule has 1 heterocycles. The van der Waals surface area contributed by atoms with Gasteiger partial charge in [-0.25, -0.2) is 9.37 Å². The SMILES string of the molecule is CCCCOC(=O)C[N+]1=C(N)SCC1.[Br-]. The molecule has 2 N–H and O–H groups in total. The summed E-state index contributed by atoms with van der Waals surface area (Å²) in [6.45, 7) is 3.73. The first kappa shape index (κ1) is 14.8. The van der Waals surface area contributed by atoms with Gasteiger partial charge < -0.3 is 21.7 Å². The number of halogens is 1. The molecule has 0 bridgehead atoms. The first-order valence-corrected chi connectivity index (χ1v) is 5.88. The third kappa shape index (κ3) is 5.41. The van der Waals surface area contributed by atoms with Gasteiger partial charge in [-0.05, 0) is 18.2 Å². The summed E-state index contributed by atoms with van der Waals surface area (Å²) in [5.41, 5.74) is 5.68. The lowest BCUT2D eigenvalue weighted by Gasteiger charge is -2.03. The highest BCUT2D eigenvalue weighted by Gasteiger charge is 2.20. The third-order valence-corrected chi connectivity index (χ3v) is 2.94. The van der Waals surface area contributed by atoms with Crippen LogP contribution in [0.15, 0.2) is 0 Å². The van der Waals surface area contributed by atoms with Gasteiger partial charge in [0, 0.05) is 5.75 Å². The van der Waals surface area contributed by atoms with Crippen molar-refractivity contribution in [2.45, 2.75) is 19.8 Å². The van der Waals surface area contributed by atoms with E-state index in [9.17, 15) is 4.79 Å². The smallest absolute Gasteiger partial charge is 0.348 e. The average Bonchev–Trinajstić information content (AvgIpc) is 2.52. The molecule has 0 aliphatic carbocycles. The Morgan fingerprint density at radius 3 is 2.93 bits per heavy atom. The molecule has 0 saturated carbocycles. The first-order valence-electron chi connectivity index (χ1n) is 4.90. The Hall–Kier alpha value is -0.230. The van der Waals surface area contributed by atoms with Crippen molar-refractivity contribution in [1.82, 2.24) is 0 Å². The molecule has 1 aliphatic heterocycles. The second kappa shape index (κ2) is 7.98. The first-order chi connectivity index (χ1) is 6.74. The maximum Gasteiger partial charge on any atom is 0.348 e. The highest BCUT2D eigenvalue weighted by atomic mass is 79.9. The number of thioether (sulfide) groups is 1. The molecule has 0 spiro atoms. The number of hydrogen-bond acceptors (Lipinski definition) is 4. The second-order valence-corrected chi connectivity index (χ2v) is 4.30. The molecule has 6 heteroatoms. The molecule has 0 fully saturated rings. The van der Waals surface area contributed by atoms with Crippen molar-refractivity contribution in [1.29, 1.82) is 0 Å². The Morgan fingerprint density at radius 2 is 2.40 bits per heavy atom. The molecule has 4 nitrogen and oxygen atoms in total. The maximum absolute atomic E-state index is 11.3. The van der Waals surface area contributed by atoms with E-state index in [4.69, 9.17) is 10.5 Å². The molecule has 88 valence electrons. The number of carbonyl (C=O) groups is 1. The van der Waals surface area contributed by atoms with E-state index in [0.29, 0.717) is 13.2 Å². The molecule has 0 radical (unpaired) electrons. The summed E-state index contributed by atoms with van der Waals surface area (Å²) in [6.07, 6.45) is 1.97. The van der Waals surface area contributed by atoms with Gasteiger partial charge in [0.25, 0.3) is 0 Å². The molecular formula is C9H17BrN2O2S. The predicted octanol–water partition coefficient (Wildman–Crippen LogP) is -2.59. The minimum atomic E-state index is -0.177. The van der Waals surface area contributed by atoms with Gasteiger partial charge in [-0.3, -0.25) is 5.73 Å². The number of carbonyl (C=O) groups excluding carboxylic acids is 1. The van der Waals surface area contributed by atoms with Gasteiger partial charge in [0.05, 0.1) is 13.2 Å². The highest BCUT2D eigenvalue weighted by molar-refractivity contribution is 8.13. The number of unbranched alkanes of at least 4 members (excludes halogenated alkanes) is 1. The molecule has 1 rings (SSSR count). The van der Waals surface area contributed by atoms with E-state index in [1.807, 2.05) is 4.58 Å². The molecule has 0 amide bonds. The summed E-state index contributed by atoms with van der Waals surface area (Å²) in [5.74, 6) is 0.789. The average molecular weight is 297 g/mol. The van der Waals surface area contributed by atoms with Gasteiger partial charge >= 0.3 is 11.1 Å². The van der Waals surface area contributed by atoms with Gasteiger partial charge in [0.2, 0.25) is 0 Å². The molecule has 0 aromatic rings. The summed E-state index contributed by atoms with van der Waals surface area (Å²) >= 11 is 1.59. The van der Waals surface area contributed by atoms with Crippen LogP contribution >= 0.6 is 11.8 Å². The topological polar surface area (TPSA) is 55.3 Å². The Morgan fingerprint density at radius 1 is 1.67 bits per heavy atom. The van der Waals surface area contributed by atoms with Gasteiger partial charge in [0.15, 0.2) is 6.54 Å². The quantitative estimate of drug-likeness (QED) is 0.344. The van der Waals surface area contributed by atoms with Crippen LogP contribution in [0.2, 0.25) is 0 Å². The number of amidine groups is 1. The number of esters is 1. The van der Waals surface area contributed by atoms with Crippen LogP contribution in [0.5, 0.6) is 0 Å². The number of rotatable bonds is 5. The van der Waals surface area contributed by atoms with Crippen molar-refractivity contribution in [3.05, 3.63) is 0 Å². The molecule has 1 aliphatic rings. The maximum atomic E-state index is 11.3. The number of nitrogens with two attached hydrogens (primary N) is 1.